The van der Waals surface area contributed by atoms with Crippen molar-refractivity contribution in [2.75, 3.05) is 32.1 Å². The maximum Gasteiger partial charge on any atom is 0.259 e. The number of rotatable bonds is 5. The van der Waals surface area contributed by atoms with E-state index in [4.69, 9.17) is 4.74 Å². The Kier molecular flexibility index (Phi) is 5.66. The van der Waals surface area contributed by atoms with E-state index in [2.05, 4.69) is 9.97 Å². The van der Waals surface area contributed by atoms with Crippen LogP contribution in [0.25, 0.3) is 11.4 Å². The summed E-state index contributed by atoms with van der Waals surface area (Å²) < 4.78 is 58.0. The maximum atomic E-state index is 13.9. The Morgan fingerprint density at radius 1 is 1.09 bits per heavy atom. The Balaban J connectivity index is 1.57. The highest BCUT2D eigenvalue weighted by Gasteiger charge is 2.34. The maximum absolute atomic E-state index is 13.9. The first kappa shape index (κ1) is 23.2. The minimum Gasteiger partial charge on any atom is -0.484 e. The average Bonchev–Trinajstić information content (AvgIpc) is 3.37. The van der Waals surface area contributed by atoms with E-state index in [-0.39, 0.29) is 35.4 Å². The minimum absolute atomic E-state index is 0.118. The van der Waals surface area contributed by atoms with Crippen LogP contribution in [0.4, 0.5) is 20.3 Å². The summed E-state index contributed by atoms with van der Waals surface area (Å²) in [5.41, 5.74) is 2.89. The first-order valence-corrected chi connectivity index (χ1v) is 12.7. The van der Waals surface area contributed by atoms with Crippen LogP contribution < -0.4 is 9.64 Å². The average molecular weight is 501 g/mol. The SMILES string of the molecule is CN(C)C(=O)COc1ccc2c(c1)N(c1nc(-c3ccc(F)c(F)c3)nc3c1CS(=O)(=O)C3)CC2. The minimum atomic E-state index is -3.41. The molecule has 0 saturated heterocycles. The van der Waals surface area contributed by atoms with E-state index in [1.807, 2.05) is 11.0 Å². The highest BCUT2D eigenvalue weighted by atomic mass is 32.2. The van der Waals surface area contributed by atoms with Crippen LogP contribution in [0.5, 0.6) is 5.75 Å². The number of hydrogen-bond acceptors (Lipinski definition) is 7. The molecule has 182 valence electrons. The van der Waals surface area contributed by atoms with Crippen LogP contribution >= 0.6 is 0 Å². The number of nitrogens with zero attached hydrogens (tertiary/aromatic N) is 4. The number of anilines is 2. The van der Waals surface area contributed by atoms with E-state index in [0.717, 1.165) is 23.4 Å². The van der Waals surface area contributed by atoms with Crippen LogP contribution in [-0.2, 0) is 32.6 Å². The zero-order valence-corrected chi connectivity index (χ0v) is 19.9. The Hall–Kier alpha value is -3.60. The number of amides is 1. The van der Waals surface area contributed by atoms with Gasteiger partial charge in [0.25, 0.3) is 5.91 Å². The quantitative estimate of drug-likeness (QED) is 0.532. The molecule has 0 spiro atoms. The van der Waals surface area contributed by atoms with Gasteiger partial charge in [0.15, 0.2) is 33.9 Å². The van der Waals surface area contributed by atoms with Gasteiger partial charge < -0.3 is 14.5 Å². The second-order valence-electron chi connectivity index (χ2n) is 8.73. The number of fused-ring (bicyclic) bond motifs is 2. The van der Waals surface area contributed by atoms with Crippen molar-refractivity contribution >= 4 is 27.2 Å². The third-order valence-electron chi connectivity index (χ3n) is 6.04. The highest BCUT2D eigenvalue weighted by molar-refractivity contribution is 7.90. The van der Waals surface area contributed by atoms with E-state index in [0.29, 0.717) is 35.8 Å². The summed E-state index contributed by atoms with van der Waals surface area (Å²) >= 11 is 0. The molecule has 35 heavy (non-hydrogen) atoms. The van der Waals surface area contributed by atoms with Gasteiger partial charge >= 0.3 is 0 Å². The van der Waals surface area contributed by atoms with Crippen LogP contribution in [-0.4, -0.2) is 56.4 Å². The predicted molar refractivity (Wildman–Crippen MR) is 125 cm³/mol. The van der Waals surface area contributed by atoms with Crippen molar-refractivity contribution < 1.29 is 26.7 Å². The van der Waals surface area contributed by atoms with Crippen LogP contribution in [0.2, 0.25) is 0 Å². The molecule has 8 nitrogen and oxygen atoms in total. The molecule has 0 bridgehead atoms. The summed E-state index contributed by atoms with van der Waals surface area (Å²) in [6, 6.07) is 8.82. The molecule has 3 heterocycles. The van der Waals surface area contributed by atoms with Crippen molar-refractivity contribution in [3.05, 3.63) is 64.9 Å². The molecular formula is C24H22F2N4O4S. The zero-order valence-electron chi connectivity index (χ0n) is 19.1. The van der Waals surface area contributed by atoms with Gasteiger partial charge in [-0.15, -0.1) is 0 Å². The molecule has 11 heteroatoms. The lowest BCUT2D eigenvalue weighted by Gasteiger charge is -2.22. The van der Waals surface area contributed by atoms with Gasteiger partial charge in [0.1, 0.15) is 11.6 Å². The fourth-order valence-corrected chi connectivity index (χ4v) is 5.69. The number of benzene rings is 2. The Bertz CT molecular complexity index is 1460. The summed E-state index contributed by atoms with van der Waals surface area (Å²) in [7, 11) is -0.127. The van der Waals surface area contributed by atoms with Gasteiger partial charge in [-0.2, -0.15) is 0 Å². The molecule has 0 radical (unpaired) electrons. The summed E-state index contributed by atoms with van der Waals surface area (Å²) in [6.07, 6.45) is 0.693. The number of hydrogen-bond donors (Lipinski definition) is 0. The van der Waals surface area contributed by atoms with Crippen molar-refractivity contribution in [2.45, 2.75) is 17.9 Å². The Morgan fingerprint density at radius 2 is 1.89 bits per heavy atom. The third-order valence-corrected chi connectivity index (χ3v) is 7.48. The van der Waals surface area contributed by atoms with Gasteiger partial charge in [-0.25, -0.2) is 27.2 Å². The monoisotopic (exact) mass is 500 g/mol. The largest absolute Gasteiger partial charge is 0.484 e. The molecule has 0 atom stereocenters. The summed E-state index contributed by atoms with van der Waals surface area (Å²) in [4.78, 5) is 24.2. The highest BCUT2D eigenvalue weighted by Crippen LogP contribution is 2.41. The van der Waals surface area contributed by atoms with Crippen LogP contribution in [0.1, 0.15) is 16.8 Å². The van der Waals surface area contributed by atoms with Crippen LogP contribution in [0, 0.1) is 11.6 Å². The van der Waals surface area contributed by atoms with Gasteiger partial charge in [0, 0.05) is 43.5 Å². The number of aromatic nitrogens is 2. The van der Waals surface area contributed by atoms with Crippen molar-refractivity contribution in [3.8, 4) is 17.1 Å². The molecule has 0 saturated carbocycles. The summed E-state index contributed by atoms with van der Waals surface area (Å²) in [5.74, 6) is -1.64. The first-order chi connectivity index (χ1) is 16.6. The van der Waals surface area contributed by atoms with Crippen LogP contribution in [0.3, 0.4) is 0 Å². The number of carbonyl (C=O) groups is 1. The number of carbonyl (C=O) groups excluding carboxylic acids is 1. The lowest BCUT2D eigenvalue weighted by atomic mass is 10.1. The van der Waals surface area contributed by atoms with E-state index in [1.165, 1.54) is 11.0 Å². The molecule has 5 rings (SSSR count). The molecule has 2 aliphatic rings. The Morgan fingerprint density at radius 3 is 2.63 bits per heavy atom. The fourth-order valence-electron chi connectivity index (χ4n) is 4.19. The number of sulfone groups is 1. The standard InChI is InChI=1S/C24H22F2N4O4S/c1-29(2)22(31)11-34-16-5-3-14-7-8-30(21(14)10-16)24-17-12-35(32,33)13-20(17)27-23(28-24)15-4-6-18(25)19(26)9-15/h3-6,9-10H,7-8,11-13H2,1-2H3. The number of likely N-dealkylation sites (N-methyl/N-ethyl adjacent to an activating group) is 1. The normalized spacial score (nSPS) is 15.6. The summed E-state index contributed by atoms with van der Waals surface area (Å²) in [6.45, 7) is 0.420. The van der Waals surface area contributed by atoms with E-state index >= 15 is 0 Å². The van der Waals surface area contributed by atoms with Gasteiger partial charge in [-0.05, 0) is 36.2 Å². The fraction of sp³-hybridized carbons (Fsp3) is 0.292. The molecule has 0 aliphatic carbocycles. The molecule has 2 aromatic carbocycles. The van der Waals surface area contributed by atoms with Crippen molar-refractivity contribution in [1.82, 2.24) is 14.9 Å². The molecule has 0 fully saturated rings. The lowest BCUT2D eigenvalue weighted by molar-refractivity contribution is -0.130. The van der Waals surface area contributed by atoms with Gasteiger partial charge in [0.05, 0.1) is 17.2 Å². The molecule has 3 aromatic rings. The lowest BCUT2D eigenvalue weighted by Crippen LogP contribution is -2.27. The second-order valence-corrected chi connectivity index (χ2v) is 10.8. The zero-order chi connectivity index (χ0) is 24.9. The van der Waals surface area contributed by atoms with Gasteiger partial charge in [0.2, 0.25) is 0 Å². The number of halogens is 2. The van der Waals surface area contributed by atoms with Crippen molar-refractivity contribution in [2.24, 2.45) is 0 Å². The van der Waals surface area contributed by atoms with Crippen molar-refractivity contribution in [1.29, 1.82) is 0 Å². The number of ether oxygens (including phenoxy) is 1. The van der Waals surface area contributed by atoms with E-state index in [1.54, 1.807) is 26.2 Å². The molecule has 1 amide bonds. The molecule has 1 aromatic heterocycles. The first-order valence-electron chi connectivity index (χ1n) is 10.9. The van der Waals surface area contributed by atoms with Gasteiger partial charge in [-0.1, -0.05) is 6.07 Å². The van der Waals surface area contributed by atoms with Gasteiger partial charge in [-0.3, -0.25) is 4.79 Å². The second kappa shape index (κ2) is 8.56. The smallest absolute Gasteiger partial charge is 0.259 e. The summed E-state index contributed by atoms with van der Waals surface area (Å²) in [5, 5.41) is 0. The molecular weight excluding hydrogens is 478 g/mol. The van der Waals surface area contributed by atoms with E-state index in [9.17, 15) is 22.0 Å². The predicted octanol–water partition coefficient (Wildman–Crippen LogP) is 3.01. The van der Waals surface area contributed by atoms with E-state index < -0.39 is 21.5 Å². The van der Waals surface area contributed by atoms with Crippen molar-refractivity contribution in [3.63, 3.8) is 0 Å². The third kappa shape index (κ3) is 4.43. The Labute approximate surface area is 201 Å². The molecule has 2 aliphatic heterocycles. The topological polar surface area (TPSA) is 92.7 Å². The molecule has 0 unspecified atom stereocenters. The van der Waals surface area contributed by atoms with Crippen LogP contribution in [0.15, 0.2) is 36.4 Å². The molecule has 0 N–H and O–H groups in total.